The zero-order valence-corrected chi connectivity index (χ0v) is 19.4. The fourth-order valence-electron chi connectivity index (χ4n) is 2.51. The molecular formula is C19H25ClIN3O4. The van der Waals surface area contributed by atoms with Crippen LogP contribution in [0.5, 0.6) is 5.75 Å². The Hall–Kier alpha value is -1.94. The molecule has 154 valence electrons. The van der Waals surface area contributed by atoms with Gasteiger partial charge >= 0.3 is 5.97 Å². The fraction of sp³-hybridized carbons (Fsp3) is 0.368. The molecule has 2 N–H and O–H groups in total. The van der Waals surface area contributed by atoms with Crippen molar-refractivity contribution in [3.05, 3.63) is 51.9 Å². The highest BCUT2D eigenvalue weighted by molar-refractivity contribution is 14.0. The number of nitrogens with zero attached hydrogens (tertiary/aromatic N) is 1. The maximum atomic E-state index is 11.6. The summed E-state index contributed by atoms with van der Waals surface area (Å²) in [5.74, 6) is 2.08. The van der Waals surface area contributed by atoms with Crippen molar-refractivity contribution in [1.82, 2.24) is 10.6 Å². The Morgan fingerprint density at radius 2 is 2.00 bits per heavy atom. The van der Waals surface area contributed by atoms with Crippen LogP contribution < -0.4 is 15.4 Å². The molecule has 2 rings (SSSR count). The van der Waals surface area contributed by atoms with Gasteiger partial charge in [-0.15, -0.1) is 24.0 Å². The average Bonchev–Trinajstić information content (AvgIpc) is 3.05. The molecule has 0 aliphatic carbocycles. The van der Waals surface area contributed by atoms with Crippen LogP contribution in [0.1, 0.15) is 27.4 Å². The molecule has 0 saturated carbocycles. The van der Waals surface area contributed by atoms with Crippen LogP contribution >= 0.6 is 35.6 Å². The zero-order valence-electron chi connectivity index (χ0n) is 16.3. The third-order valence-electron chi connectivity index (χ3n) is 3.97. The molecule has 2 aromatic rings. The lowest BCUT2D eigenvalue weighted by Gasteiger charge is -2.12. The number of carbonyl (C=O) groups is 1. The summed E-state index contributed by atoms with van der Waals surface area (Å²) in [5.41, 5.74) is 1.44. The third-order valence-corrected chi connectivity index (χ3v) is 4.33. The number of nitrogens with one attached hydrogen (secondary N) is 2. The Kier molecular flexibility index (Phi) is 10.2. The highest BCUT2D eigenvalue weighted by Crippen LogP contribution is 2.22. The van der Waals surface area contributed by atoms with E-state index in [1.54, 1.807) is 33.2 Å². The minimum Gasteiger partial charge on any atom is -0.497 e. The molecule has 0 amide bonds. The number of carbonyl (C=O) groups excluding carboxylic acids is 1. The summed E-state index contributed by atoms with van der Waals surface area (Å²) < 4.78 is 15.4. The smallest absolute Gasteiger partial charge is 0.341 e. The topological polar surface area (TPSA) is 85.1 Å². The van der Waals surface area contributed by atoms with Gasteiger partial charge in [-0.3, -0.25) is 4.99 Å². The van der Waals surface area contributed by atoms with Crippen molar-refractivity contribution in [3.8, 4) is 5.75 Å². The van der Waals surface area contributed by atoms with Gasteiger partial charge in [0.2, 0.25) is 0 Å². The predicted molar refractivity (Wildman–Crippen MR) is 120 cm³/mol. The lowest BCUT2D eigenvalue weighted by molar-refractivity contribution is 0.0599. The number of methoxy groups -OCH3 is 2. The second kappa shape index (κ2) is 11.8. The number of furan rings is 1. The first kappa shape index (κ1) is 24.1. The van der Waals surface area contributed by atoms with Crippen molar-refractivity contribution in [2.45, 2.75) is 19.9 Å². The van der Waals surface area contributed by atoms with Gasteiger partial charge in [-0.2, -0.15) is 0 Å². The number of halogens is 2. The number of rotatable bonds is 7. The quantitative estimate of drug-likeness (QED) is 0.251. The van der Waals surface area contributed by atoms with Crippen LogP contribution in [0.4, 0.5) is 0 Å². The van der Waals surface area contributed by atoms with Crippen molar-refractivity contribution in [2.75, 3.05) is 27.8 Å². The lowest BCUT2D eigenvalue weighted by atomic mass is 10.1. The minimum atomic E-state index is -0.415. The Balaban J connectivity index is 0.00000392. The van der Waals surface area contributed by atoms with E-state index in [1.165, 1.54) is 7.11 Å². The van der Waals surface area contributed by atoms with Gasteiger partial charge in [0.15, 0.2) is 5.96 Å². The Morgan fingerprint density at radius 1 is 1.25 bits per heavy atom. The molecule has 7 nitrogen and oxygen atoms in total. The summed E-state index contributed by atoms with van der Waals surface area (Å²) in [6.07, 6.45) is 0.732. The molecule has 9 heteroatoms. The molecule has 0 radical (unpaired) electrons. The van der Waals surface area contributed by atoms with Crippen LogP contribution in [0, 0.1) is 6.92 Å². The Bertz CT molecular complexity index is 824. The summed E-state index contributed by atoms with van der Waals surface area (Å²) in [5, 5.41) is 7.02. The highest BCUT2D eigenvalue weighted by atomic mass is 127. The van der Waals surface area contributed by atoms with Crippen LogP contribution in [-0.4, -0.2) is 39.7 Å². The summed E-state index contributed by atoms with van der Waals surface area (Å²) in [6, 6.07) is 7.28. The minimum absolute atomic E-state index is 0. The molecule has 0 aliphatic heterocycles. The summed E-state index contributed by atoms with van der Waals surface area (Å²) in [4.78, 5) is 15.8. The molecule has 1 heterocycles. The molecule has 0 unspecified atom stereocenters. The molecule has 1 aromatic heterocycles. The van der Waals surface area contributed by atoms with E-state index in [2.05, 4.69) is 15.6 Å². The molecule has 0 saturated heterocycles. The van der Waals surface area contributed by atoms with E-state index in [9.17, 15) is 4.79 Å². The van der Waals surface area contributed by atoms with Gasteiger partial charge in [0.25, 0.3) is 0 Å². The van der Waals surface area contributed by atoms with Crippen LogP contribution in [0.3, 0.4) is 0 Å². The fourth-order valence-corrected chi connectivity index (χ4v) is 2.77. The summed E-state index contributed by atoms with van der Waals surface area (Å²) in [6.45, 7) is 2.76. The van der Waals surface area contributed by atoms with Gasteiger partial charge < -0.3 is 24.5 Å². The van der Waals surface area contributed by atoms with Crippen molar-refractivity contribution >= 4 is 47.5 Å². The van der Waals surface area contributed by atoms with Gasteiger partial charge in [0.05, 0.1) is 20.8 Å². The van der Waals surface area contributed by atoms with Crippen LogP contribution in [0.25, 0.3) is 0 Å². The van der Waals surface area contributed by atoms with Crippen LogP contribution in [0.2, 0.25) is 5.02 Å². The number of benzene rings is 1. The Labute approximate surface area is 186 Å². The molecule has 1 aromatic carbocycles. The molecule has 0 fully saturated rings. The predicted octanol–water partition coefficient (Wildman–Crippen LogP) is 3.56. The first-order valence-electron chi connectivity index (χ1n) is 8.43. The first-order chi connectivity index (χ1) is 13.0. The number of ether oxygens (including phenoxy) is 2. The SMILES string of the molecule is CN=C(NCCc1ccc(OC)cc1Cl)NCc1cc(C(=O)OC)c(C)o1.I. The molecule has 0 bridgehead atoms. The lowest BCUT2D eigenvalue weighted by Crippen LogP contribution is -2.37. The van der Waals surface area contributed by atoms with Crippen molar-refractivity contribution in [2.24, 2.45) is 4.99 Å². The van der Waals surface area contributed by atoms with E-state index >= 15 is 0 Å². The molecular weight excluding hydrogens is 497 g/mol. The number of hydrogen-bond donors (Lipinski definition) is 2. The molecule has 0 spiro atoms. The highest BCUT2D eigenvalue weighted by Gasteiger charge is 2.15. The van der Waals surface area contributed by atoms with E-state index in [-0.39, 0.29) is 24.0 Å². The zero-order chi connectivity index (χ0) is 19.8. The first-order valence-corrected chi connectivity index (χ1v) is 8.80. The van der Waals surface area contributed by atoms with Gasteiger partial charge in [0, 0.05) is 18.6 Å². The molecule has 0 aliphatic rings. The number of hydrogen-bond acceptors (Lipinski definition) is 5. The largest absolute Gasteiger partial charge is 0.497 e. The van der Waals surface area contributed by atoms with Gasteiger partial charge in [-0.05, 0) is 37.1 Å². The summed E-state index contributed by atoms with van der Waals surface area (Å²) >= 11 is 6.25. The van der Waals surface area contributed by atoms with Gasteiger partial charge in [-0.25, -0.2) is 4.79 Å². The van der Waals surface area contributed by atoms with E-state index in [0.717, 1.165) is 17.7 Å². The van der Waals surface area contributed by atoms with Gasteiger partial charge in [-0.1, -0.05) is 17.7 Å². The van der Waals surface area contributed by atoms with Crippen LogP contribution in [0.15, 0.2) is 33.7 Å². The number of aliphatic imine (C=N–C) groups is 1. The van der Waals surface area contributed by atoms with Gasteiger partial charge in [0.1, 0.15) is 22.8 Å². The number of esters is 1. The normalized spacial score (nSPS) is 10.8. The second-order valence-corrected chi connectivity index (χ2v) is 6.14. The third kappa shape index (κ3) is 6.59. The monoisotopic (exact) mass is 521 g/mol. The maximum absolute atomic E-state index is 11.6. The molecule has 0 atom stereocenters. The number of guanidine groups is 1. The summed E-state index contributed by atoms with van der Waals surface area (Å²) in [7, 11) is 4.63. The van der Waals surface area contributed by atoms with E-state index in [1.807, 2.05) is 12.1 Å². The average molecular weight is 522 g/mol. The number of aryl methyl sites for hydroxylation is 1. The second-order valence-electron chi connectivity index (χ2n) is 5.73. The van der Waals surface area contributed by atoms with Crippen molar-refractivity contribution in [1.29, 1.82) is 0 Å². The maximum Gasteiger partial charge on any atom is 0.341 e. The van der Waals surface area contributed by atoms with E-state index in [4.69, 9.17) is 25.5 Å². The molecule has 28 heavy (non-hydrogen) atoms. The van der Waals surface area contributed by atoms with Crippen molar-refractivity contribution < 1.29 is 18.7 Å². The van der Waals surface area contributed by atoms with E-state index in [0.29, 0.717) is 41.2 Å². The van der Waals surface area contributed by atoms with E-state index < -0.39 is 5.97 Å². The van der Waals surface area contributed by atoms with Crippen LogP contribution in [-0.2, 0) is 17.7 Å². The Morgan fingerprint density at radius 3 is 2.61 bits per heavy atom. The standard InChI is InChI=1S/C19H24ClN3O4.HI/c1-12-16(18(24)26-4)9-15(27-12)11-23-19(21-2)22-8-7-13-5-6-14(25-3)10-17(13)20;/h5-6,9-10H,7-8,11H2,1-4H3,(H2,21,22,23);1H. The van der Waals surface area contributed by atoms with Crippen molar-refractivity contribution in [3.63, 3.8) is 0 Å².